The van der Waals surface area contributed by atoms with E-state index in [2.05, 4.69) is 5.32 Å². The fourth-order valence-electron chi connectivity index (χ4n) is 3.30. The zero-order valence-electron chi connectivity index (χ0n) is 13.4. The van der Waals surface area contributed by atoms with Crippen LogP contribution < -0.4 is 5.32 Å². The number of hydrogen-bond acceptors (Lipinski definition) is 4. The highest BCUT2D eigenvalue weighted by Gasteiger charge is 2.34. The first-order valence-corrected chi connectivity index (χ1v) is 8.45. The van der Waals surface area contributed by atoms with Crippen molar-refractivity contribution in [2.75, 3.05) is 19.7 Å². The molecule has 1 saturated heterocycles. The molecule has 1 amide bonds. The first kappa shape index (κ1) is 17.2. The first-order chi connectivity index (χ1) is 10.6. The number of ether oxygens (including phenoxy) is 1. The van der Waals surface area contributed by atoms with Gasteiger partial charge < -0.3 is 15.2 Å². The lowest BCUT2D eigenvalue weighted by Crippen LogP contribution is -2.54. The summed E-state index contributed by atoms with van der Waals surface area (Å²) in [5.74, 6) is -0.694. The van der Waals surface area contributed by atoms with Gasteiger partial charge in [0.1, 0.15) is 0 Å². The number of likely N-dealkylation sites (N-methyl/N-ethyl adjacent to an activating group) is 1. The second-order valence-electron chi connectivity index (χ2n) is 6.37. The van der Waals surface area contributed by atoms with Crippen LogP contribution in [-0.2, 0) is 14.3 Å². The van der Waals surface area contributed by atoms with Crippen LogP contribution in [0, 0.1) is 0 Å². The van der Waals surface area contributed by atoms with Gasteiger partial charge >= 0.3 is 5.97 Å². The number of carboxylic acid groups (broad SMARTS) is 1. The minimum Gasteiger partial charge on any atom is -0.480 e. The molecular weight excluding hydrogens is 284 g/mol. The van der Waals surface area contributed by atoms with Crippen LogP contribution in [0.4, 0.5) is 0 Å². The topological polar surface area (TPSA) is 78.9 Å². The molecule has 6 nitrogen and oxygen atoms in total. The molecule has 126 valence electrons. The van der Waals surface area contributed by atoms with E-state index >= 15 is 0 Å². The summed E-state index contributed by atoms with van der Waals surface area (Å²) in [6, 6.07) is 0.487. The second-order valence-corrected chi connectivity index (χ2v) is 6.37. The zero-order valence-corrected chi connectivity index (χ0v) is 13.4. The number of carbonyl (C=O) groups is 2. The van der Waals surface area contributed by atoms with Crippen molar-refractivity contribution in [2.45, 2.75) is 70.1 Å². The van der Waals surface area contributed by atoms with Gasteiger partial charge in [-0.05, 0) is 45.1 Å². The standard InChI is InChI=1S/C16H28N2O4/c1-2-18(11-16(20)21)13-9-12(10-13)17-15(19)7-6-14-5-3-4-8-22-14/h12-14H,2-11H2,1H3,(H,17,19)(H,20,21). The molecule has 0 aromatic carbocycles. The Morgan fingerprint density at radius 2 is 2.09 bits per heavy atom. The predicted molar refractivity (Wildman–Crippen MR) is 82.7 cm³/mol. The number of aliphatic carboxylic acids is 1. The van der Waals surface area contributed by atoms with Crippen molar-refractivity contribution in [3.8, 4) is 0 Å². The molecule has 1 aliphatic carbocycles. The molecule has 6 heteroatoms. The summed E-state index contributed by atoms with van der Waals surface area (Å²) in [5.41, 5.74) is 0. The van der Waals surface area contributed by atoms with Crippen molar-refractivity contribution in [1.82, 2.24) is 10.2 Å². The largest absolute Gasteiger partial charge is 0.480 e. The number of nitrogens with one attached hydrogen (secondary N) is 1. The molecule has 1 atom stereocenters. The molecular formula is C16H28N2O4. The molecule has 0 bridgehead atoms. The van der Waals surface area contributed by atoms with E-state index in [0.717, 1.165) is 45.3 Å². The molecule has 2 aliphatic rings. The molecule has 1 aliphatic heterocycles. The number of hydrogen-bond donors (Lipinski definition) is 2. The van der Waals surface area contributed by atoms with E-state index in [1.807, 2.05) is 11.8 Å². The van der Waals surface area contributed by atoms with Crippen LogP contribution in [0.3, 0.4) is 0 Å². The summed E-state index contributed by atoms with van der Waals surface area (Å²) in [5, 5.41) is 11.9. The van der Waals surface area contributed by atoms with Crippen LogP contribution in [0.2, 0.25) is 0 Å². The van der Waals surface area contributed by atoms with Gasteiger partial charge in [0.25, 0.3) is 0 Å². The third kappa shape index (κ3) is 5.25. The lowest BCUT2D eigenvalue weighted by atomic mass is 9.85. The van der Waals surface area contributed by atoms with Crippen molar-refractivity contribution >= 4 is 11.9 Å². The lowest BCUT2D eigenvalue weighted by Gasteiger charge is -2.42. The second kappa shape index (κ2) is 8.48. The highest BCUT2D eigenvalue weighted by atomic mass is 16.5. The molecule has 0 spiro atoms. The molecule has 1 saturated carbocycles. The van der Waals surface area contributed by atoms with Gasteiger partial charge in [-0.3, -0.25) is 14.5 Å². The Morgan fingerprint density at radius 3 is 2.68 bits per heavy atom. The number of amides is 1. The Hall–Kier alpha value is -1.14. The predicted octanol–water partition coefficient (Wildman–Crippen LogP) is 1.39. The number of carboxylic acids is 1. The summed E-state index contributed by atoms with van der Waals surface area (Å²) in [6.45, 7) is 3.61. The van der Waals surface area contributed by atoms with E-state index in [0.29, 0.717) is 6.42 Å². The van der Waals surface area contributed by atoms with E-state index in [-0.39, 0.29) is 30.6 Å². The SMILES string of the molecule is CCN(CC(=O)O)C1CC(NC(=O)CCC2CCCCO2)C1. The molecule has 0 aromatic heterocycles. The molecule has 0 aromatic rings. The van der Waals surface area contributed by atoms with Crippen LogP contribution >= 0.6 is 0 Å². The molecule has 2 N–H and O–H groups in total. The molecule has 0 radical (unpaired) electrons. The third-order valence-corrected chi connectivity index (χ3v) is 4.71. The zero-order chi connectivity index (χ0) is 15.9. The van der Waals surface area contributed by atoms with Gasteiger partial charge in [0.05, 0.1) is 12.6 Å². The van der Waals surface area contributed by atoms with Crippen molar-refractivity contribution in [1.29, 1.82) is 0 Å². The van der Waals surface area contributed by atoms with Crippen molar-refractivity contribution in [3.63, 3.8) is 0 Å². The van der Waals surface area contributed by atoms with E-state index in [9.17, 15) is 9.59 Å². The Labute approximate surface area is 132 Å². The number of carbonyl (C=O) groups excluding carboxylic acids is 1. The van der Waals surface area contributed by atoms with Crippen molar-refractivity contribution in [3.05, 3.63) is 0 Å². The summed E-state index contributed by atoms with van der Waals surface area (Å²) in [7, 11) is 0. The fraction of sp³-hybridized carbons (Fsp3) is 0.875. The average Bonchev–Trinajstić information content (AvgIpc) is 2.47. The van der Waals surface area contributed by atoms with Gasteiger partial charge in [0, 0.05) is 25.1 Å². The van der Waals surface area contributed by atoms with Gasteiger partial charge in [-0.25, -0.2) is 0 Å². The lowest BCUT2D eigenvalue weighted by molar-refractivity contribution is -0.139. The van der Waals surface area contributed by atoms with Gasteiger partial charge in [-0.15, -0.1) is 0 Å². The Balaban J connectivity index is 1.60. The molecule has 22 heavy (non-hydrogen) atoms. The highest BCUT2D eigenvalue weighted by molar-refractivity contribution is 5.76. The van der Waals surface area contributed by atoms with Crippen LogP contribution in [0.5, 0.6) is 0 Å². The molecule has 2 fully saturated rings. The maximum Gasteiger partial charge on any atom is 0.317 e. The van der Waals surface area contributed by atoms with E-state index in [1.54, 1.807) is 0 Å². The van der Waals surface area contributed by atoms with Crippen LogP contribution in [0.15, 0.2) is 0 Å². The van der Waals surface area contributed by atoms with E-state index < -0.39 is 5.97 Å². The van der Waals surface area contributed by atoms with Crippen molar-refractivity contribution in [2.24, 2.45) is 0 Å². The maximum atomic E-state index is 11.9. The minimum absolute atomic E-state index is 0.0842. The smallest absolute Gasteiger partial charge is 0.317 e. The summed E-state index contributed by atoms with van der Waals surface area (Å²) >= 11 is 0. The maximum absolute atomic E-state index is 11.9. The summed E-state index contributed by atoms with van der Waals surface area (Å²) in [4.78, 5) is 24.7. The number of nitrogens with zero attached hydrogens (tertiary/aromatic N) is 1. The first-order valence-electron chi connectivity index (χ1n) is 8.45. The van der Waals surface area contributed by atoms with Crippen molar-refractivity contribution < 1.29 is 19.4 Å². The monoisotopic (exact) mass is 312 g/mol. The van der Waals surface area contributed by atoms with Crippen LogP contribution in [0.1, 0.15) is 51.9 Å². The van der Waals surface area contributed by atoms with Crippen LogP contribution in [-0.4, -0.2) is 59.8 Å². The quantitative estimate of drug-likeness (QED) is 0.708. The Morgan fingerprint density at radius 1 is 1.32 bits per heavy atom. The van der Waals surface area contributed by atoms with Gasteiger partial charge in [0.2, 0.25) is 5.91 Å². The Bertz CT molecular complexity index is 376. The average molecular weight is 312 g/mol. The minimum atomic E-state index is -0.790. The highest BCUT2D eigenvalue weighted by Crippen LogP contribution is 2.26. The number of rotatable bonds is 8. The molecule has 1 unspecified atom stereocenters. The Kier molecular flexibility index (Phi) is 6.64. The molecule has 1 heterocycles. The van der Waals surface area contributed by atoms with E-state index in [1.165, 1.54) is 6.42 Å². The summed E-state index contributed by atoms with van der Waals surface area (Å²) in [6.07, 6.45) is 6.70. The van der Waals surface area contributed by atoms with Crippen LogP contribution in [0.25, 0.3) is 0 Å². The summed E-state index contributed by atoms with van der Waals surface area (Å²) < 4.78 is 5.63. The third-order valence-electron chi connectivity index (χ3n) is 4.71. The normalized spacial score (nSPS) is 28.2. The van der Waals surface area contributed by atoms with Gasteiger partial charge in [0.15, 0.2) is 0 Å². The van der Waals surface area contributed by atoms with Gasteiger partial charge in [-0.1, -0.05) is 6.92 Å². The van der Waals surface area contributed by atoms with Gasteiger partial charge in [-0.2, -0.15) is 0 Å². The molecule has 2 rings (SSSR count). The fourth-order valence-corrected chi connectivity index (χ4v) is 3.30. The van der Waals surface area contributed by atoms with E-state index in [4.69, 9.17) is 9.84 Å².